The molecule has 0 aliphatic carbocycles. The zero-order valence-corrected chi connectivity index (χ0v) is 15.9. The molecule has 4 heteroatoms. The Bertz CT molecular complexity index is 1060. The van der Waals surface area contributed by atoms with E-state index in [4.69, 9.17) is 5.10 Å². The van der Waals surface area contributed by atoms with Crippen molar-refractivity contribution in [3.63, 3.8) is 0 Å². The van der Waals surface area contributed by atoms with Gasteiger partial charge >= 0.3 is 0 Å². The van der Waals surface area contributed by atoms with E-state index in [1.807, 2.05) is 12.3 Å². The van der Waals surface area contributed by atoms with Crippen LogP contribution in [0.3, 0.4) is 0 Å². The number of aromatic nitrogens is 3. The molecule has 1 aliphatic heterocycles. The first-order valence-corrected chi connectivity index (χ1v) is 10.0. The van der Waals surface area contributed by atoms with E-state index in [0.29, 0.717) is 5.92 Å². The average molecular weight is 368 g/mol. The molecule has 1 fully saturated rings. The number of fused-ring (bicyclic) bond motifs is 1. The van der Waals surface area contributed by atoms with Crippen LogP contribution in [0.25, 0.3) is 16.9 Å². The molecule has 1 saturated heterocycles. The van der Waals surface area contributed by atoms with Crippen LogP contribution in [0.4, 0.5) is 0 Å². The van der Waals surface area contributed by atoms with Crippen molar-refractivity contribution in [3.8, 4) is 11.3 Å². The first-order valence-electron chi connectivity index (χ1n) is 10.0. The van der Waals surface area contributed by atoms with Gasteiger partial charge in [-0.2, -0.15) is 5.10 Å². The van der Waals surface area contributed by atoms with E-state index in [1.165, 1.54) is 24.1 Å². The molecule has 0 amide bonds. The van der Waals surface area contributed by atoms with Crippen molar-refractivity contribution >= 4 is 5.65 Å². The minimum atomic E-state index is 0.478. The Kier molecular flexibility index (Phi) is 4.63. The van der Waals surface area contributed by atoms with E-state index < -0.39 is 0 Å². The van der Waals surface area contributed by atoms with Crippen molar-refractivity contribution in [1.29, 1.82) is 0 Å². The Balaban J connectivity index is 1.43. The maximum Gasteiger partial charge on any atom is 0.155 e. The summed E-state index contributed by atoms with van der Waals surface area (Å²) in [7, 11) is 0. The Morgan fingerprint density at radius 3 is 2.54 bits per heavy atom. The standard InChI is InChI=1S/C24H24N4/c1-3-8-19(9-4-1)17-27-15-7-12-21(18-27)23-13-14-25-24-16-22(26-28(23)24)20-10-5-2-6-11-20/h1-6,8-11,13-14,16,21H,7,12,15,17-18H2. The third-order valence-electron chi connectivity index (χ3n) is 5.63. The van der Waals surface area contributed by atoms with Crippen LogP contribution in [-0.4, -0.2) is 32.6 Å². The van der Waals surface area contributed by atoms with E-state index in [9.17, 15) is 0 Å². The summed E-state index contributed by atoms with van der Waals surface area (Å²) in [6.45, 7) is 3.24. The number of piperidine rings is 1. The van der Waals surface area contributed by atoms with Crippen molar-refractivity contribution in [2.75, 3.05) is 13.1 Å². The fourth-order valence-corrected chi connectivity index (χ4v) is 4.26. The molecule has 1 aliphatic rings. The molecule has 0 spiro atoms. The van der Waals surface area contributed by atoms with Crippen LogP contribution in [0.5, 0.6) is 0 Å². The predicted molar refractivity (Wildman–Crippen MR) is 112 cm³/mol. The summed E-state index contributed by atoms with van der Waals surface area (Å²) in [6, 6.07) is 25.3. The summed E-state index contributed by atoms with van der Waals surface area (Å²) >= 11 is 0. The molecule has 1 unspecified atom stereocenters. The molecule has 2 aromatic carbocycles. The smallest absolute Gasteiger partial charge is 0.155 e. The largest absolute Gasteiger partial charge is 0.298 e. The van der Waals surface area contributed by atoms with Crippen LogP contribution < -0.4 is 0 Å². The topological polar surface area (TPSA) is 33.4 Å². The lowest BCUT2D eigenvalue weighted by atomic mass is 9.94. The van der Waals surface area contributed by atoms with Crippen molar-refractivity contribution < 1.29 is 0 Å². The molecule has 0 bridgehead atoms. The SMILES string of the molecule is c1ccc(CN2CCCC(c3ccnc4cc(-c5ccccc5)nn34)C2)cc1. The first-order chi connectivity index (χ1) is 13.9. The lowest BCUT2D eigenvalue weighted by Crippen LogP contribution is -2.34. The van der Waals surface area contributed by atoms with E-state index in [1.54, 1.807) is 0 Å². The van der Waals surface area contributed by atoms with E-state index in [0.717, 1.165) is 36.5 Å². The number of hydrogen-bond acceptors (Lipinski definition) is 3. The fourth-order valence-electron chi connectivity index (χ4n) is 4.26. The highest BCUT2D eigenvalue weighted by atomic mass is 15.3. The van der Waals surface area contributed by atoms with Crippen LogP contribution >= 0.6 is 0 Å². The second kappa shape index (κ2) is 7.56. The maximum atomic E-state index is 4.90. The Morgan fingerprint density at radius 1 is 0.929 bits per heavy atom. The van der Waals surface area contributed by atoms with Gasteiger partial charge in [0.2, 0.25) is 0 Å². The van der Waals surface area contributed by atoms with Crippen LogP contribution in [0, 0.1) is 0 Å². The van der Waals surface area contributed by atoms with Gasteiger partial charge < -0.3 is 0 Å². The number of nitrogens with zero attached hydrogens (tertiary/aromatic N) is 4. The Hall–Kier alpha value is -2.98. The predicted octanol–water partition coefficient (Wildman–Crippen LogP) is 4.78. The summed E-state index contributed by atoms with van der Waals surface area (Å²) in [4.78, 5) is 7.12. The van der Waals surface area contributed by atoms with Crippen molar-refractivity contribution in [2.45, 2.75) is 25.3 Å². The van der Waals surface area contributed by atoms with Gasteiger partial charge in [-0.1, -0.05) is 60.7 Å². The van der Waals surface area contributed by atoms with Gasteiger partial charge in [0.05, 0.1) is 11.4 Å². The van der Waals surface area contributed by atoms with Crippen LogP contribution in [-0.2, 0) is 6.54 Å². The summed E-state index contributed by atoms with van der Waals surface area (Å²) < 4.78 is 2.05. The molecule has 5 rings (SSSR count). The molecule has 2 aromatic heterocycles. The third kappa shape index (κ3) is 3.43. The zero-order valence-electron chi connectivity index (χ0n) is 15.9. The Labute approximate surface area is 165 Å². The monoisotopic (exact) mass is 368 g/mol. The van der Waals surface area contributed by atoms with Crippen LogP contribution in [0.1, 0.15) is 30.0 Å². The third-order valence-corrected chi connectivity index (χ3v) is 5.63. The molecule has 4 aromatic rings. The number of hydrogen-bond donors (Lipinski definition) is 0. The first kappa shape index (κ1) is 17.1. The summed E-state index contributed by atoms with van der Waals surface area (Å²) in [5.74, 6) is 0.478. The minimum absolute atomic E-state index is 0.478. The molecule has 0 N–H and O–H groups in total. The lowest BCUT2D eigenvalue weighted by molar-refractivity contribution is 0.197. The average Bonchev–Trinajstić information content (AvgIpc) is 3.20. The summed E-state index contributed by atoms with van der Waals surface area (Å²) in [6.07, 6.45) is 4.34. The molecular weight excluding hydrogens is 344 g/mol. The van der Waals surface area contributed by atoms with Gasteiger partial charge in [-0.05, 0) is 31.0 Å². The maximum absolute atomic E-state index is 4.90. The zero-order chi connectivity index (χ0) is 18.8. The molecule has 3 heterocycles. The van der Waals surface area contributed by atoms with Gasteiger partial charge in [0.25, 0.3) is 0 Å². The normalized spacial score (nSPS) is 17.8. The molecule has 0 radical (unpaired) electrons. The number of rotatable bonds is 4. The minimum Gasteiger partial charge on any atom is -0.298 e. The van der Waals surface area contributed by atoms with E-state index in [2.05, 4.69) is 81.1 Å². The molecular formula is C24H24N4. The highest BCUT2D eigenvalue weighted by Gasteiger charge is 2.24. The van der Waals surface area contributed by atoms with Crippen molar-refractivity contribution in [1.82, 2.24) is 19.5 Å². The second-order valence-corrected chi connectivity index (χ2v) is 7.60. The lowest BCUT2D eigenvalue weighted by Gasteiger charge is -2.33. The molecule has 4 nitrogen and oxygen atoms in total. The second-order valence-electron chi connectivity index (χ2n) is 7.60. The summed E-state index contributed by atoms with van der Waals surface area (Å²) in [5.41, 5.74) is 5.70. The highest BCUT2D eigenvalue weighted by Crippen LogP contribution is 2.29. The van der Waals surface area contributed by atoms with Gasteiger partial charge in [0.15, 0.2) is 5.65 Å². The van der Waals surface area contributed by atoms with E-state index >= 15 is 0 Å². The highest BCUT2D eigenvalue weighted by molar-refractivity contribution is 5.64. The van der Waals surface area contributed by atoms with E-state index in [-0.39, 0.29) is 0 Å². The molecule has 0 saturated carbocycles. The molecule has 28 heavy (non-hydrogen) atoms. The van der Waals surface area contributed by atoms with Gasteiger partial charge in [-0.25, -0.2) is 9.50 Å². The van der Waals surface area contributed by atoms with Crippen molar-refractivity contribution in [2.24, 2.45) is 0 Å². The molecule has 1 atom stereocenters. The van der Waals surface area contributed by atoms with Gasteiger partial charge in [0.1, 0.15) is 0 Å². The fraction of sp³-hybridized carbons (Fsp3) is 0.250. The van der Waals surface area contributed by atoms with Crippen molar-refractivity contribution in [3.05, 3.63) is 90.3 Å². The van der Waals surface area contributed by atoms with Crippen LogP contribution in [0.15, 0.2) is 79.0 Å². The number of benzene rings is 2. The summed E-state index contributed by atoms with van der Waals surface area (Å²) in [5, 5.41) is 4.90. The van der Waals surface area contributed by atoms with Gasteiger partial charge in [0, 0.05) is 36.8 Å². The quantitative estimate of drug-likeness (QED) is 0.520. The van der Waals surface area contributed by atoms with Gasteiger partial charge in [-0.15, -0.1) is 0 Å². The molecule has 140 valence electrons. The van der Waals surface area contributed by atoms with Gasteiger partial charge in [-0.3, -0.25) is 4.90 Å². The number of likely N-dealkylation sites (tertiary alicyclic amines) is 1. The Morgan fingerprint density at radius 2 is 1.71 bits per heavy atom. The van der Waals surface area contributed by atoms with Crippen LogP contribution in [0.2, 0.25) is 0 Å².